The van der Waals surface area contributed by atoms with E-state index < -0.39 is 0 Å². The van der Waals surface area contributed by atoms with Gasteiger partial charge in [-0.3, -0.25) is 4.40 Å². The fraction of sp³-hybridized carbons (Fsp3) is 0.333. The van der Waals surface area contributed by atoms with E-state index in [1.165, 1.54) is 0 Å². The highest BCUT2D eigenvalue weighted by molar-refractivity contribution is 5.92. The van der Waals surface area contributed by atoms with Gasteiger partial charge in [0.15, 0.2) is 0 Å². The van der Waals surface area contributed by atoms with Gasteiger partial charge in [0.1, 0.15) is 11.6 Å². The second-order valence-electron chi connectivity index (χ2n) is 8.15. The van der Waals surface area contributed by atoms with Gasteiger partial charge in [0.25, 0.3) is 0 Å². The Hall–Kier alpha value is -3.70. The maximum Gasteiger partial charge on any atom is 0.236 e. The van der Waals surface area contributed by atoms with Crippen molar-refractivity contribution in [2.24, 2.45) is 0 Å². The van der Waals surface area contributed by atoms with Crippen LogP contribution in [0.4, 0.5) is 11.6 Å². The molecule has 0 amide bonds. The van der Waals surface area contributed by atoms with Crippen molar-refractivity contribution < 1.29 is 4.74 Å². The van der Waals surface area contributed by atoms with Gasteiger partial charge in [-0.25, -0.2) is 9.97 Å². The molecule has 1 fully saturated rings. The number of fused-ring (bicyclic) bond motifs is 3. The van der Waals surface area contributed by atoms with Crippen molar-refractivity contribution in [3.63, 3.8) is 0 Å². The van der Waals surface area contributed by atoms with E-state index in [1.807, 2.05) is 42.8 Å². The molecule has 4 aromatic rings. The van der Waals surface area contributed by atoms with Crippen LogP contribution in [0, 0.1) is 25.2 Å². The van der Waals surface area contributed by atoms with Crippen molar-refractivity contribution >= 4 is 28.3 Å². The van der Waals surface area contributed by atoms with Crippen LogP contribution in [-0.4, -0.2) is 45.7 Å². The number of nitrogens with zero attached hydrogens (tertiary/aromatic N) is 6. The molecule has 4 heterocycles. The van der Waals surface area contributed by atoms with Crippen LogP contribution in [0.5, 0.6) is 0 Å². The van der Waals surface area contributed by atoms with Gasteiger partial charge in [-0.15, -0.1) is 0 Å². The normalized spacial score (nSPS) is 15.1. The van der Waals surface area contributed by atoms with Gasteiger partial charge < -0.3 is 15.0 Å². The first-order chi connectivity index (χ1) is 15.6. The third-order valence-electron chi connectivity index (χ3n) is 6.15. The summed E-state index contributed by atoms with van der Waals surface area (Å²) in [6.07, 6.45) is 3.73. The molecule has 1 aliphatic heterocycles. The van der Waals surface area contributed by atoms with Crippen LogP contribution in [0.15, 0.2) is 36.7 Å². The summed E-state index contributed by atoms with van der Waals surface area (Å²) < 4.78 is 7.53. The number of pyridine rings is 1. The number of benzene rings is 1. The summed E-state index contributed by atoms with van der Waals surface area (Å²) in [4.78, 5) is 16.3. The van der Waals surface area contributed by atoms with Gasteiger partial charge in [-0.05, 0) is 44.0 Å². The van der Waals surface area contributed by atoms with E-state index >= 15 is 0 Å². The highest BCUT2D eigenvalue weighted by atomic mass is 16.5. The van der Waals surface area contributed by atoms with Crippen LogP contribution in [0.3, 0.4) is 0 Å². The summed E-state index contributed by atoms with van der Waals surface area (Å²) in [6.45, 7) is 9.13. The van der Waals surface area contributed by atoms with Gasteiger partial charge in [0.2, 0.25) is 5.78 Å². The zero-order chi connectivity index (χ0) is 22.2. The van der Waals surface area contributed by atoms with E-state index in [0.29, 0.717) is 24.6 Å². The lowest BCUT2D eigenvalue weighted by molar-refractivity contribution is 0.122. The molecule has 1 aliphatic rings. The summed E-state index contributed by atoms with van der Waals surface area (Å²) in [5, 5.41) is 14.0. The van der Waals surface area contributed by atoms with Gasteiger partial charge in [-0.1, -0.05) is 12.1 Å². The lowest BCUT2D eigenvalue weighted by Gasteiger charge is -2.28. The van der Waals surface area contributed by atoms with Gasteiger partial charge in [0, 0.05) is 24.2 Å². The number of hydrogen-bond acceptors (Lipinski definition) is 7. The number of rotatable bonds is 4. The topological polar surface area (TPSA) is 91.4 Å². The third-order valence-corrected chi connectivity index (χ3v) is 6.15. The molecule has 3 aromatic heterocycles. The summed E-state index contributed by atoms with van der Waals surface area (Å²) in [5.41, 5.74) is 4.70. The lowest BCUT2D eigenvalue weighted by Crippen LogP contribution is -2.36. The SMILES string of the molecule is Cc1c(C#N)cccc1C(C)Nc1nc2ncc(C)n2c2cnc(N3CCOCC3)cc12. The molecule has 5 rings (SSSR count). The number of hydrogen-bond donors (Lipinski definition) is 1. The predicted molar refractivity (Wildman–Crippen MR) is 124 cm³/mol. The fourth-order valence-electron chi connectivity index (χ4n) is 4.37. The van der Waals surface area contributed by atoms with Crippen molar-refractivity contribution in [3.05, 3.63) is 59.0 Å². The summed E-state index contributed by atoms with van der Waals surface area (Å²) in [6, 6.07) is 10.1. The molecule has 0 radical (unpaired) electrons. The highest BCUT2D eigenvalue weighted by Crippen LogP contribution is 2.31. The van der Waals surface area contributed by atoms with E-state index in [0.717, 1.165) is 52.4 Å². The minimum Gasteiger partial charge on any atom is -0.378 e. The average molecular weight is 428 g/mol. The molecular weight excluding hydrogens is 402 g/mol. The number of aryl methyl sites for hydroxylation is 1. The van der Waals surface area contributed by atoms with Crippen molar-refractivity contribution in [3.8, 4) is 6.07 Å². The van der Waals surface area contributed by atoms with Crippen LogP contribution in [0.25, 0.3) is 16.7 Å². The largest absolute Gasteiger partial charge is 0.378 e. The van der Waals surface area contributed by atoms with Crippen LogP contribution in [0.1, 0.15) is 35.3 Å². The number of imidazole rings is 1. The Balaban J connectivity index is 1.62. The number of morpholine rings is 1. The Morgan fingerprint density at radius 3 is 2.75 bits per heavy atom. The zero-order valence-electron chi connectivity index (χ0n) is 18.5. The Bertz CT molecular complexity index is 1350. The van der Waals surface area contributed by atoms with E-state index in [4.69, 9.17) is 14.7 Å². The molecule has 1 atom stereocenters. The standard InChI is InChI=1S/C24H25N7O/c1-15-13-27-24-29-23(28-17(3)19-6-4-5-18(12-25)16(19)2)20-11-22(26-14-21(20)31(15)24)30-7-9-32-10-8-30/h4-6,11,13-14,17H,7-10H2,1-3H3,(H,27,28,29). The van der Waals surface area contributed by atoms with Gasteiger partial charge >= 0.3 is 0 Å². The first kappa shape index (κ1) is 20.2. The molecule has 8 nitrogen and oxygen atoms in total. The molecular formula is C24H25N7O. The molecule has 32 heavy (non-hydrogen) atoms. The molecule has 1 aromatic carbocycles. The maximum absolute atomic E-state index is 9.42. The Labute approximate surface area is 186 Å². The smallest absolute Gasteiger partial charge is 0.236 e. The highest BCUT2D eigenvalue weighted by Gasteiger charge is 2.19. The first-order valence-corrected chi connectivity index (χ1v) is 10.8. The quantitative estimate of drug-likeness (QED) is 0.530. The molecule has 0 saturated carbocycles. The minimum atomic E-state index is -0.0440. The molecule has 0 spiro atoms. The fourth-order valence-corrected chi connectivity index (χ4v) is 4.37. The number of nitriles is 1. The molecule has 1 unspecified atom stereocenters. The van der Waals surface area contributed by atoms with E-state index in [9.17, 15) is 5.26 Å². The lowest BCUT2D eigenvalue weighted by atomic mass is 9.98. The van der Waals surface area contributed by atoms with E-state index in [-0.39, 0.29) is 6.04 Å². The van der Waals surface area contributed by atoms with Crippen molar-refractivity contribution in [1.29, 1.82) is 5.26 Å². The Morgan fingerprint density at radius 2 is 1.97 bits per heavy atom. The van der Waals surface area contributed by atoms with Gasteiger partial charge in [-0.2, -0.15) is 10.2 Å². The van der Waals surface area contributed by atoms with Crippen molar-refractivity contribution in [2.75, 3.05) is 36.5 Å². The second kappa shape index (κ2) is 8.09. The number of ether oxygens (including phenoxy) is 1. The molecule has 0 aliphatic carbocycles. The summed E-state index contributed by atoms with van der Waals surface area (Å²) >= 11 is 0. The molecule has 1 N–H and O–H groups in total. The third kappa shape index (κ3) is 3.41. The van der Waals surface area contributed by atoms with Crippen molar-refractivity contribution in [2.45, 2.75) is 26.8 Å². The Kier molecular flexibility index (Phi) is 5.11. The van der Waals surface area contributed by atoms with Crippen molar-refractivity contribution in [1.82, 2.24) is 19.4 Å². The maximum atomic E-state index is 9.42. The first-order valence-electron chi connectivity index (χ1n) is 10.8. The van der Waals surface area contributed by atoms with Crippen LogP contribution in [0.2, 0.25) is 0 Å². The van der Waals surface area contributed by atoms with Crippen LogP contribution < -0.4 is 10.2 Å². The van der Waals surface area contributed by atoms with Crippen LogP contribution in [-0.2, 0) is 4.74 Å². The van der Waals surface area contributed by atoms with Gasteiger partial charge in [0.05, 0.1) is 48.8 Å². The predicted octanol–water partition coefficient (Wildman–Crippen LogP) is 3.78. The molecule has 1 saturated heterocycles. The number of nitrogens with one attached hydrogen (secondary N) is 1. The monoisotopic (exact) mass is 427 g/mol. The average Bonchev–Trinajstić information content (AvgIpc) is 3.20. The number of anilines is 2. The molecule has 8 heteroatoms. The zero-order valence-corrected chi connectivity index (χ0v) is 18.5. The summed E-state index contributed by atoms with van der Waals surface area (Å²) in [7, 11) is 0. The number of aromatic nitrogens is 4. The molecule has 0 bridgehead atoms. The Morgan fingerprint density at radius 1 is 1.16 bits per heavy atom. The van der Waals surface area contributed by atoms with Crippen LogP contribution >= 0.6 is 0 Å². The van der Waals surface area contributed by atoms with E-state index in [1.54, 1.807) is 0 Å². The van der Waals surface area contributed by atoms with E-state index in [2.05, 4.69) is 40.3 Å². The molecule has 162 valence electrons. The summed E-state index contributed by atoms with van der Waals surface area (Å²) in [5.74, 6) is 2.30. The second-order valence-corrected chi connectivity index (χ2v) is 8.15. The minimum absolute atomic E-state index is 0.0440.